The van der Waals surface area contributed by atoms with Crippen LogP contribution in [0.5, 0.6) is 5.75 Å². The van der Waals surface area contributed by atoms with Crippen LogP contribution in [-0.4, -0.2) is 41.7 Å². The monoisotopic (exact) mass is 334 g/mol. The van der Waals surface area contributed by atoms with Crippen LogP contribution in [0.3, 0.4) is 0 Å². The molecule has 2 rings (SSSR count). The Balaban J connectivity index is 2.69. The first-order chi connectivity index (χ1) is 11.4. The van der Waals surface area contributed by atoms with Gasteiger partial charge < -0.3 is 18.9 Å². The quantitative estimate of drug-likeness (QED) is 0.454. The zero-order valence-corrected chi connectivity index (χ0v) is 13.8. The highest BCUT2D eigenvalue weighted by molar-refractivity contribution is 5.93. The highest BCUT2D eigenvalue weighted by Crippen LogP contribution is 2.40. The Labute approximate surface area is 138 Å². The lowest BCUT2D eigenvalue weighted by Crippen LogP contribution is -2.17. The Bertz CT molecular complexity index is 771. The van der Waals surface area contributed by atoms with E-state index in [4.69, 9.17) is 9.47 Å². The number of esters is 1. The van der Waals surface area contributed by atoms with Crippen LogP contribution in [0.1, 0.15) is 17.3 Å². The van der Waals surface area contributed by atoms with Gasteiger partial charge in [0, 0.05) is 19.7 Å². The topological polar surface area (TPSA) is 99.7 Å². The van der Waals surface area contributed by atoms with E-state index in [0.29, 0.717) is 12.4 Å². The van der Waals surface area contributed by atoms with E-state index in [-0.39, 0.29) is 22.7 Å². The number of nitro benzene ring substituents is 1. The van der Waals surface area contributed by atoms with E-state index in [1.165, 1.54) is 26.4 Å². The normalized spacial score (nSPS) is 10.3. The second-order valence-electron chi connectivity index (χ2n) is 4.89. The maximum absolute atomic E-state index is 11.9. The second kappa shape index (κ2) is 6.99. The van der Waals surface area contributed by atoms with E-state index in [1.54, 1.807) is 24.5 Å². The van der Waals surface area contributed by atoms with Crippen LogP contribution in [0.25, 0.3) is 0 Å². The third-order valence-corrected chi connectivity index (χ3v) is 3.61. The van der Waals surface area contributed by atoms with Crippen molar-refractivity contribution in [2.75, 3.05) is 26.2 Å². The summed E-state index contributed by atoms with van der Waals surface area (Å²) in [5, 5.41) is 11.5. The van der Waals surface area contributed by atoms with Crippen LogP contribution in [0, 0.1) is 10.1 Å². The zero-order valence-electron chi connectivity index (χ0n) is 13.8. The summed E-state index contributed by atoms with van der Waals surface area (Å²) < 4.78 is 11.6. The van der Waals surface area contributed by atoms with Crippen molar-refractivity contribution in [1.29, 1.82) is 0 Å². The second-order valence-corrected chi connectivity index (χ2v) is 4.89. The van der Waals surface area contributed by atoms with Gasteiger partial charge in [0.15, 0.2) is 5.75 Å². The lowest BCUT2D eigenvalue weighted by atomic mass is 10.1. The van der Waals surface area contributed by atoms with E-state index in [0.717, 1.165) is 0 Å². The summed E-state index contributed by atoms with van der Waals surface area (Å²) in [4.78, 5) is 28.5. The number of nitrogens with zero attached hydrogens (tertiary/aromatic N) is 4. The molecule has 1 heterocycles. The van der Waals surface area contributed by atoms with Gasteiger partial charge in [0.25, 0.3) is 0 Å². The van der Waals surface area contributed by atoms with Crippen molar-refractivity contribution in [2.45, 2.75) is 13.5 Å². The summed E-state index contributed by atoms with van der Waals surface area (Å²) in [7, 11) is 4.21. The fourth-order valence-corrected chi connectivity index (χ4v) is 2.38. The molecule has 24 heavy (non-hydrogen) atoms. The average molecular weight is 334 g/mol. The maximum atomic E-state index is 11.9. The Morgan fingerprint density at radius 3 is 2.67 bits per heavy atom. The van der Waals surface area contributed by atoms with E-state index in [1.807, 2.05) is 11.5 Å². The fourth-order valence-electron chi connectivity index (χ4n) is 2.38. The van der Waals surface area contributed by atoms with E-state index in [9.17, 15) is 14.9 Å². The predicted octanol–water partition coefficient (Wildman–Crippen LogP) is 2.37. The van der Waals surface area contributed by atoms with Crippen LogP contribution in [-0.2, 0) is 11.3 Å². The Kier molecular flexibility index (Phi) is 5.02. The van der Waals surface area contributed by atoms with E-state index < -0.39 is 10.9 Å². The number of nitro groups is 1. The molecule has 9 heteroatoms. The van der Waals surface area contributed by atoms with Gasteiger partial charge in [-0.1, -0.05) is 0 Å². The van der Waals surface area contributed by atoms with Crippen molar-refractivity contribution >= 4 is 23.2 Å². The first-order valence-corrected chi connectivity index (χ1v) is 7.13. The van der Waals surface area contributed by atoms with Gasteiger partial charge in [-0.3, -0.25) is 10.1 Å². The summed E-state index contributed by atoms with van der Waals surface area (Å²) in [6, 6.07) is 2.69. The molecule has 0 aliphatic rings. The lowest BCUT2D eigenvalue weighted by Gasteiger charge is -2.21. The number of aryl methyl sites for hydroxylation is 1. The third kappa shape index (κ3) is 3.00. The highest BCUT2D eigenvalue weighted by atomic mass is 16.6. The highest BCUT2D eigenvalue weighted by Gasteiger charge is 2.28. The van der Waals surface area contributed by atoms with E-state index >= 15 is 0 Å². The van der Waals surface area contributed by atoms with Crippen LogP contribution in [0.15, 0.2) is 24.7 Å². The molecule has 0 bridgehead atoms. The van der Waals surface area contributed by atoms with E-state index in [2.05, 4.69) is 4.98 Å². The molecule has 0 atom stereocenters. The van der Waals surface area contributed by atoms with Gasteiger partial charge in [-0.05, 0) is 13.0 Å². The minimum absolute atomic E-state index is 0.0210. The molecule has 0 aliphatic carbocycles. The minimum atomic E-state index is -0.609. The number of hydrogen-bond donors (Lipinski definition) is 0. The number of ether oxygens (including phenoxy) is 2. The molecule has 0 saturated heterocycles. The van der Waals surface area contributed by atoms with Crippen LogP contribution >= 0.6 is 0 Å². The maximum Gasteiger partial charge on any atom is 0.338 e. The number of carbonyl (C=O) groups is 1. The fraction of sp³-hybridized carbons (Fsp3) is 0.333. The molecule has 1 aromatic heterocycles. The first-order valence-electron chi connectivity index (χ1n) is 7.13. The Morgan fingerprint density at radius 2 is 2.12 bits per heavy atom. The van der Waals surface area contributed by atoms with Gasteiger partial charge in [0.2, 0.25) is 0 Å². The largest absolute Gasteiger partial charge is 0.490 e. The lowest BCUT2D eigenvalue weighted by molar-refractivity contribution is -0.385. The molecule has 0 spiro atoms. The smallest absolute Gasteiger partial charge is 0.338 e. The first kappa shape index (κ1) is 17.3. The predicted molar refractivity (Wildman–Crippen MR) is 87.0 cm³/mol. The number of anilines is 2. The summed E-state index contributed by atoms with van der Waals surface area (Å²) in [5.41, 5.74) is 0.121. The number of imidazole rings is 1. The summed E-state index contributed by atoms with van der Waals surface area (Å²) >= 11 is 0. The van der Waals surface area contributed by atoms with Crippen molar-refractivity contribution in [1.82, 2.24) is 9.55 Å². The molecule has 0 fully saturated rings. The molecule has 9 nitrogen and oxygen atoms in total. The molecule has 2 aromatic rings. The molecular weight excluding hydrogens is 316 g/mol. The summed E-state index contributed by atoms with van der Waals surface area (Å²) in [5.74, 6) is 0.0128. The molecule has 0 unspecified atom stereocenters. The summed E-state index contributed by atoms with van der Waals surface area (Å²) in [6.45, 7) is 2.57. The average Bonchev–Trinajstić information content (AvgIpc) is 3.07. The molecule has 0 radical (unpaired) electrons. The number of aromatic nitrogens is 2. The minimum Gasteiger partial charge on any atom is -0.490 e. The molecule has 128 valence electrons. The van der Waals surface area contributed by atoms with Crippen molar-refractivity contribution in [3.05, 3.63) is 40.3 Å². The van der Waals surface area contributed by atoms with Crippen molar-refractivity contribution in [3.63, 3.8) is 0 Å². The number of carbonyl (C=O) groups excluding carboxylic acids is 1. The molecule has 0 amide bonds. The van der Waals surface area contributed by atoms with Gasteiger partial charge in [0.05, 0.1) is 37.2 Å². The number of hydrogen-bond acceptors (Lipinski definition) is 7. The van der Waals surface area contributed by atoms with Gasteiger partial charge in [-0.15, -0.1) is 0 Å². The number of methoxy groups -OCH3 is 2. The molecule has 0 N–H and O–H groups in total. The molecule has 0 aliphatic heterocycles. The van der Waals surface area contributed by atoms with Gasteiger partial charge in [-0.2, -0.15) is 0 Å². The Hall–Kier alpha value is -3.10. The van der Waals surface area contributed by atoms with Crippen molar-refractivity contribution < 1.29 is 19.2 Å². The van der Waals surface area contributed by atoms with Gasteiger partial charge >= 0.3 is 11.7 Å². The number of benzene rings is 1. The number of rotatable bonds is 6. The van der Waals surface area contributed by atoms with Crippen molar-refractivity contribution in [3.8, 4) is 5.75 Å². The van der Waals surface area contributed by atoms with Gasteiger partial charge in [0.1, 0.15) is 11.5 Å². The zero-order chi connectivity index (χ0) is 17.9. The third-order valence-electron chi connectivity index (χ3n) is 3.61. The SMILES string of the molecule is CCn1cncc1N(C)c1cc(C(=O)OC)cc(OC)c1[N+](=O)[O-]. The van der Waals surface area contributed by atoms with Crippen LogP contribution in [0.4, 0.5) is 17.2 Å². The van der Waals surface area contributed by atoms with Crippen molar-refractivity contribution in [2.24, 2.45) is 0 Å². The van der Waals surface area contributed by atoms with Gasteiger partial charge in [-0.25, -0.2) is 9.78 Å². The molecule has 1 aromatic carbocycles. The summed E-state index contributed by atoms with van der Waals surface area (Å²) in [6.07, 6.45) is 3.21. The van der Waals surface area contributed by atoms with Crippen LogP contribution in [0.2, 0.25) is 0 Å². The molecule has 0 saturated carbocycles. The molecular formula is C15H18N4O5. The van der Waals surface area contributed by atoms with Crippen LogP contribution < -0.4 is 9.64 Å². The Morgan fingerprint density at radius 1 is 1.42 bits per heavy atom. The standard InChI is InChI=1S/C15H18N4O5/c1-5-18-9-16-8-13(18)17(2)11-6-10(15(20)24-4)7-12(23-3)14(11)19(21)22/h6-9H,5H2,1-4H3.